The molecule has 0 aliphatic heterocycles. The molecule has 3 N–H and O–H groups in total. The van der Waals surface area contributed by atoms with Gasteiger partial charge in [-0.05, 0) is 19.3 Å². The van der Waals surface area contributed by atoms with Crippen LogP contribution in [0.3, 0.4) is 0 Å². The fourth-order valence-electron chi connectivity index (χ4n) is 2.82. The molecule has 5 heteroatoms. The van der Waals surface area contributed by atoms with Crippen LogP contribution in [-0.4, -0.2) is 32.9 Å². The Morgan fingerprint density at radius 2 is 1.63 bits per heavy atom. The van der Waals surface area contributed by atoms with E-state index in [1.807, 2.05) is 13.8 Å². The maximum absolute atomic E-state index is 11.5. The molecular weight excluding hydrogens is 248 g/mol. The molecule has 0 saturated carbocycles. The van der Waals surface area contributed by atoms with Crippen molar-refractivity contribution >= 4 is 11.9 Å². The lowest BCUT2D eigenvalue weighted by Crippen LogP contribution is -2.48. The third-order valence-electron chi connectivity index (χ3n) is 3.69. The molecule has 4 atom stereocenters. The second-order valence-electron chi connectivity index (χ2n) is 5.55. The fourth-order valence-corrected chi connectivity index (χ4v) is 2.82. The lowest BCUT2D eigenvalue weighted by molar-refractivity contribution is -0.168. The van der Waals surface area contributed by atoms with Crippen LogP contribution in [0.1, 0.15) is 53.4 Å². The van der Waals surface area contributed by atoms with Gasteiger partial charge in [-0.15, -0.1) is 0 Å². The van der Waals surface area contributed by atoms with Crippen molar-refractivity contribution in [2.24, 2.45) is 17.8 Å². The van der Waals surface area contributed by atoms with Gasteiger partial charge in [-0.1, -0.05) is 40.0 Å². The minimum atomic E-state index is -1.51. The highest BCUT2D eigenvalue weighted by atomic mass is 16.4. The average Bonchev–Trinajstić information content (AvgIpc) is 2.24. The van der Waals surface area contributed by atoms with Crippen molar-refractivity contribution in [1.29, 1.82) is 0 Å². The largest absolute Gasteiger partial charge is 0.481 e. The smallest absolute Gasteiger partial charge is 0.310 e. The molecule has 0 aromatic carbocycles. The monoisotopic (exact) mass is 274 g/mol. The number of carbonyl (C=O) groups is 2. The Bertz CT molecular complexity index is 311. The molecule has 0 heterocycles. The van der Waals surface area contributed by atoms with E-state index in [2.05, 4.69) is 0 Å². The Morgan fingerprint density at radius 3 is 1.95 bits per heavy atom. The summed E-state index contributed by atoms with van der Waals surface area (Å²) in [5.74, 6) is -5.03. The number of carboxylic acids is 2. The van der Waals surface area contributed by atoms with Gasteiger partial charge in [-0.3, -0.25) is 9.59 Å². The van der Waals surface area contributed by atoms with Crippen molar-refractivity contribution in [3.05, 3.63) is 0 Å². The molecule has 0 rings (SSSR count). The third kappa shape index (κ3) is 4.82. The summed E-state index contributed by atoms with van der Waals surface area (Å²) in [6.07, 6.45) is 2.29. The molecule has 0 radical (unpaired) electrons. The Labute approximate surface area is 114 Å². The highest BCUT2D eigenvalue weighted by Gasteiger charge is 2.47. The Morgan fingerprint density at radius 1 is 1.11 bits per heavy atom. The highest BCUT2D eigenvalue weighted by Crippen LogP contribution is 2.35. The molecule has 0 spiro atoms. The molecule has 112 valence electrons. The summed E-state index contributed by atoms with van der Waals surface area (Å²) in [7, 11) is 0. The molecule has 0 aromatic heterocycles. The van der Waals surface area contributed by atoms with E-state index >= 15 is 0 Å². The molecule has 0 amide bonds. The van der Waals surface area contributed by atoms with Crippen molar-refractivity contribution in [1.82, 2.24) is 0 Å². The van der Waals surface area contributed by atoms with Gasteiger partial charge < -0.3 is 15.3 Å². The van der Waals surface area contributed by atoms with Crippen LogP contribution in [0.15, 0.2) is 0 Å². The molecule has 0 saturated heterocycles. The van der Waals surface area contributed by atoms with E-state index in [1.165, 1.54) is 6.92 Å². The summed E-state index contributed by atoms with van der Waals surface area (Å²) >= 11 is 0. The van der Waals surface area contributed by atoms with Crippen molar-refractivity contribution in [3.63, 3.8) is 0 Å². The first-order chi connectivity index (χ1) is 8.68. The lowest BCUT2D eigenvalue weighted by Gasteiger charge is -2.36. The van der Waals surface area contributed by atoms with Gasteiger partial charge in [0.2, 0.25) is 0 Å². The van der Waals surface area contributed by atoms with E-state index in [4.69, 9.17) is 0 Å². The normalized spacial score (nSPS) is 19.2. The maximum Gasteiger partial charge on any atom is 0.310 e. The van der Waals surface area contributed by atoms with Gasteiger partial charge in [0, 0.05) is 0 Å². The number of hydrogen-bond donors (Lipinski definition) is 3. The zero-order valence-corrected chi connectivity index (χ0v) is 12.2. The zero-order valence-electron chi connectivity index (χ0n) is 12.2. The van der Waals surface area contributed by atoms with Crippen LogP contribution in [0.4, 0.5) is 0 Å². The molecule has 0 aromatic rings. The van der Waals surface area contributed by atoms with E-state index in [0.717, 1.165) is 6.42 Å². The zero-order chi connectivity index (χ0) is 15.2. The van der Waals surface area contributed by atoms with Crippen molar-refractivity contribution in [2.45, 2.75) is 59.0 Å². The van der Waals surface area contributed by atoms with E-state index in [1.54, 1.807) is 6.92 Å². The first-order valence-electron chi connectivity index (χ1n) is 6.87. The Kier molecular flexibility index (Phi) is 7.05. The lowest BCUT2D eigenvalue weighted by atomic mass is 9.71. The molecular formula is C14H26O5. The summed E-state index contributed by atoms with van der Waals surface area (Å²) in [5, 5.41) is 29.0. The summed E-state index contributed by atoms with van der Waals surface area (Å²) < 4.78 is 0. The highest BCUT2D eigenvalue weighted by molar-refractivity contribution is 5.81. The van der Waals surface area contributed by atoms with Gasteiger partial charge in [-0.25, -0.2) is 0 Å². The van der Waals surface area contributed by atoms with Gasteiger partial charge in [0.15, 0.2) is 0 Å². The molecule has 0 bridgehead atoms. The topological polar surface area (TPSA) is 94.8 Å². The average molecular weight is 274 g/mol. The van der Waals surface area contributed by atoms with Gasteiger partial charge in [0.05, 0.1) is 17.4 Å². The minimum absolute atomic E-state index is 0.270. The van der Waals surface area contributed by atoms with E-state index in [0.29, 0.717) is 12.8 Å². The van der Waals surface area contributed by atoms with Gasteiger partial charge in [0.1, 0.15) is 0 Å². The number of aliphatic hydroxyl groups is 1. The van der Waals surface area contributed by atoms with E-state index < -0.39 is 29.4 Å². The second kappa shape index (κ2) is 7.48. The quantitative estimate of drug-likeness (QED) is 0.600. The molecule has 0 aliphatic rings. The molecule has 0 fully saturated rings. The standard InChI is InChI=1S/C14H26O5/c1-5-7-9(3)10(12(15)16)11(13(17)18)14(4,19)8-6-2/h9-11,19H,5-8H2,1-4H3,(H,15,16)(H,17,18). The van der Waals surface area contributed by atoms with E-state index in [9.17, 15) is 24.9 Å². The van der Waals surface area contributed by atoms with Crippen molar-refractivity contribution < 1.29 is 24.9 Å². The summed E-state index contributed by atoms with van der Waals surface area (Å²) in [6, 6.07) is 0. The number of hydrogen-bond acceptors (Lipinski definition) is 3. The van der Waals surface area contributed by atoms with Crippen LogP contribution >= 0.6 is 0 Å². The molecule has 19 heavy (non-hydrogen) atoms. The van der Waals surface area contributed by atoms with Gasteiger partial charge in [-0.2, -0.15) is 0 Å². The van der Waals surface area contributed by atoms with Crippen LogP contribution in [0.2, 0.25) is 0 Å². The summed E-state index contributed by atoms with van der Waals surface area (Å²) in [4.78, 5) is 22.9. The number of rotatable bonds is 9. The molecule has 4 unspecified atom stereocenters. The van der Waals surface area contributed by atoms with Crippen LogP contribution in [0, 0.1) is 17.8 Å². The van der Waals surface area contributed by atoms with Crippen LogP contribution in [-0.2, 0) is 9.59 Å². The van der Waals surface area contributed by atoms with Crippen LogP contribution < -0.4 is 0 Å². The summed E-state index contributed by atoms with van der Waals surface area (Å²) in [5.41, 5.74) is -1.51. The SMILES string of the molecule is CCCC(C)C(C(=O)O)C(C(=O)O)C(C)(O)CCC. The Hall–Kier alpha value is -1.10. The van der Waals surface area contributed by atoms with E-state index in [-0.39, 0.29) is 12.3 Å². The van der Waals surface area contributed by atoms with Gasteiger partial charge in [0.25, 0.3) is 0 Å². The van der Waals surface area contributed by atoms with Crippen molar-refractivity contribution in [2.75, 3.05) is 0 Å². The first kappa shape index (κ1) is 17.9. The van der Waals surface area contributed by atoms with Crippen molar-refractivity contribution in [3.8, 4) is 0 Å². The molecule has 5 nitrogen and oxygen atoms in total. The van der Waals surface area contributed by atoms with Crippen LogP contribution in [0.5, 0.6) is 0 Å². The number of carboxylic acid groups (broad SMARTS) is 2. The predicted octanol–water partition coefficient (Wildman–Crippen LogP) is 2.38. The third-order valence-corrected chi connectivity index (χ3v) is 3.69. The second-order valence-corrected chi connectivity index (χ2v) is 5.55. The maximum atomic E-state index is 11.5. The van der Waals surface area contributed by atoms with Crippen LogP contribution in [0.25, 0.3) is 0 Å². The first-order valence-corrected chi connectivity index (χ1v) is 6.87. The van der Waals surface area contributed by atoms with Gasteiger partial charge >= 0.3 is 11.9 Å². The predicted molar refractivity (Wildman–Crippen MR) is 71.9 cm³/mol. The fraction of sp³-hybridized carbons (Fsp3) is 0.857. The summed E-state index contributed by atoms with van der Waals surface area (Å²) in [6.45, 7) is 6.91. The minimum Gasteiger partial charge on any atom is -0.481 e. The Balaban J connectivity index is 5.41. The molecule has 0 aliphatic carbocycles. The number of aliphatic carboxylic acids is 2.